The maximum atomic E-state index is 13.0. The van der Waals surface area contributed by atoms with Crippen molar-refractivity contribution in [3.05, 3.63) is 47.6 Å². The van der Waals surface area contributed by atoms with Crippen LogP contribution >= 0.6 is 0 Å². The molecule has 2 heterocycles. The fourth-order valence-corrected chi connectivity index (χ4v) is 3.18. The summed E-state index contributed by atoms with van der Waals surface area (Å²) in [6.07, 6.45) is -0.157. The third-order valence-electron chi connectivity index (χ3n) is 4.68. The molecule has 1 fully saturated rings. The van der Waals surface area contributed by atoms with Crippen LogP contribution in [0, 0.1) is 6.92 Å². The van der Waals surface area contributed by atoms with E-state index in [1.807, 2.05) is 49.2 Å². The highest BCUT2D eigenvalue weighted by molar-refractivity contribution is 5.82. The summed E-state index contributed by atoms with van der Waals surface area (Å²) in [4.78, 5) is 20.9. The van der Waals surface area contributed by atoms with Crippen LogP contribution in [0.4, 0.5) is 0 Å². The minimum atomic E-state index is -0.576. The molecule has 0 unspecified atom stereocenters. The molecule has 1 aliphatic rings. The lowest BCUT2D eigenvalue weighted by Gasteiger charge is -2.30. The van der Waals surface area contributed by atoms with Gasteiger partial charge >= 0.3 is 0 Å². The summed E-state index contributed by atoms with van der Waals surface area (Å²) in [7, 11) is 1.92. The molecule has 0 aliphatic carbocycles. The minimum absolute atomic E-state index is 0.0455. The Morgan fingerprint density at radius 1 is 1.44 bits per heavy atom. The normalized spacial score (nSPS) is 21.7. The van der Waals surface area contributed by atoms with Gasteiger partial charge in [0, 0.05) is 19.5 Å². The third-order valence-corrected chi connectivity index (χ3v) is 4.68. The molecule has 7 heteroatoms. The third kappa shape index (κ3) is 3.88. The van der Waals surface area contributed by atoms with Gasteiger partial charge in [0.25, 0.3) is 0 Å². The molecule has 1 saturated heterocycles. The van der Waals surface area contributed by atoms with Gasteiger partial charge in [0.1, 0.15) is 6.04 Å². The fourth-order valence-electron chi connectivity index (χ4n) is 3.18. The Bertz CT molecular complexity index is 718. The number of nitrogens with zero attached hydrogens (tertiary/aromatic N) is 4. The predicted molar refractivity (Wildman–Crippen MR) is 91.5 cm³/mol. The van der Waals surface area contributed by atoms with Gasteiger partial charge in [-0.1, -0.05) is 35.5 Å². The summed E-state index contributed by atoms with van der Waals surface area (Å²) < 4.78 is 5.23. The van der Waals surface area contributed by atoms with Gasteiger partial charge in [-0.2, -0.15) is 4.98 Å². The number of likely N-dealkylation sites (N-methyl/N-ethyl adjacent to an activating group) is 1. The van der Waals surface area contributed by atoms with E-state index < -0.39 is 6.10 Å². The maximum absolute atomic E-state index is 13.0. The van der Waals surface area contributed by atoms with E-state index in [-0.39, 0.29) is 24.5 Å². The second-order valence-electron chi connectivity index (χ2n) is 6.65. The van der Waals surface area contributed by atoms with Crippen LogP contribution in [0.3, 0.4) is 0 Å². The predicted octanol–water partition coefficient (Wildman–Crippen LogP) is 1.53. The average molecular weight is 344 g/mol. The SMILES string of the molecule is Cc1noc([C@H]2C[C@@H](O)CN2C(=O)[C@@H](C)N(C)Cc2ccccc2)n1. The minimum Gasteiger partial charge on any atom is -0.391 e. The Morgan fingerprint density at radius 2 is 2.16 bits per heavy atom. The molecule has 7 nitrogen and oxygen atoms in total. The van der Waals surface area contributed by atoms with Crippen molar-refractivity contribution in [1.82, 2.24) is 19.9 Å². The molecule has 25 heavy (non-hydrogen) atoms. The van der Waals surface area contributed by atoms with Gasteiger partial charge in [0.2, 0.25) is 11.8 Å². The van der Waals surface area contributed by atoms with E-state index in [4.69, 9.17) is 4.52 Å². The van der Waals surface area contributed by atoms with Crippen molar-refractivity contribution in [3.8, 4) is 0 Å². The average Bonchev–Trinajstić information content (AvgIpc) is 3.20. The summed E-state index contributed by atoms with van der Waals surface area (Å²) in [5.74, 6) is 0.870. The lowest BCUT2D eigenvalue weighted by Crippen LogP contribution is -2.45. The maximum Gasteiger partial charge on any atom is 0.249 e. The number of carbonyl (C=O) groups is 1. The molecule has 1 aliphatic heterocycles. The van der Waals surface area contributed by atoms with E-state index in [2.05, 4.69) is 10.1 Å². The first kappa shape index (κ1) is 17.6. The first-order valence-electron chi connectivity index (χ1n) is 8.48. The van der Waals surface area contributed by atoms with Crippen LogP contribution in [0.5, 0.6) is 0 Å². The van der Waals surface area contributed by atoms with Crippen molar-refractivity contribution >= 4 is 5.91 Å². The van der Waals surface area contributed by atoms with Crippen molar-refractivity contribution in [2.45, 2.75) is 45.0 Å². The number of aliphatic hydroxyl groups excluding tert-OH is 1. The van der Waals surface area contributed by atoms with Gasteiger partial charge in [-0.3, -0.25) is 9.69 Å². The van der Waals surface area contributed by atoms with E-state index in [0.717, 1.165) is 5.56 Å². The van der Waals surface area contributed by atoms with Crippen LogP contribution in [0.1, 0.15) is 36.7 Å². The molecule has 0 saturated carbocycles. The largest absolute Gasteiger partial charge is 0.391 e. The highest BCUT2D eigenvalue weighted by Crippen LogP contribution is 2.32. The number of benzene rings is 1. The van der Waals surface area contributed by atoms with E-state index in [1.165, 1.54) is 0 Å². The van der Waals surface area contributed by atoms with Gasteiger partial charge in [-0.25, -0.2) is 0 Å². The van der Waals surface area contributed by atoms with Crippen LogP contribution in [0.25, 0.3) is 0 Å². The van der Waals surface area contributed by atoms with Gasteiger partial charge < -0.3 is 14.5 Å². The zero-order valence-electron chi connectivity index (χ0n) is 14.8. The molecule has 1 aromatic heterocycles. The van der Waals surface area contributed by atoms with Gasteiger partial charge in [-0.15, -0.1) is 0 Å². The highest BCUT2D eigenvalue weighted by atomic mass is 16.5. The fraction of sp³-hybridized carbons (Fsp3) is 0.500. The van der Waals surface area contributed by atoms with Crippen LogP contribution in [-0.2, 0) is 11.3 Å². The molecule has 2 aromatic rings. The van der Waals surface area contributed by atoms with Crippen LogP contribution < -0.4 is 0 Å². The Morgan fingerprint density at radius 3 is 2.80 bits per heavy atom. The lowest BCUT2D eigenvalue weighted by atomic mass is 10.1. The Balaban J connectivity index is 1.71. The van der Waals surface area contributed by atoms with Crippen LogP contribution in [0.15, 0.2) is 34.9 Å². The molecule has 3 atom stereocenters. The topological polar surface area (TPSA) is 82.7 Å². The van der Waals surface area contributed by atoms with Crippen LogP contribution in [0.2, 0.25) is 0 Å². The molecular formula is C18H24N4O3. The number of β-amino-alcohol motifs (C(OH)–C–C–N with tert-alkyl or cyclic N) is 1. The Labute approximate surface area is 147 Å². The number of hydrogen-bond acceptors (Lipinski definition) is 6. The molecular weight excluding hydrogens is 320 g/mol. The molecule has 3 rings (SSSR count). The monoisotopic (exact) mass is 344 g/mol. The second kappa shape index (κ2) is 7.33. The number of carbonyl (C=O) groups excluding carboxylic acids is 1. The molecule has 1 N–H and O–H groups in total. The highest BCUT2D eigenvalue weighted by Gasteiger charge is 2.40. The molecule has 0 bridgehead atoms. The number of aliphatic hydroxyl groups is 1. The summed E-state index contributed by atoms with van der Waals surface area (Å²) in [5, 5.41) is 13.8. The lowest BCUT2D eigenvalue weighted by molar-refractivity contribution is -0.137. The number of likely N-dealkylation sites (tertiary alicyclic amines) is 1. The molecule has 134 valence electrons. The number of aryl methyl sites for hydroxylation is 1. The molecule has 0 spiro atoms. The first-order chi connectivity index (χ1) is 12.0. The summed E-state index contributed by atoms with van der Waals surface area (Å²) in [5.41, 5.74) is 1.15. The van der Waals surface area contributed by atoms with E-state index in [0.29, 0.717) is 24.7 Å². The second-order valence-corrected chi connectivity index (χ2v) is 6.65. The number of aromatic nitrogens is 2. The van der Waals surface area contributed by atoms with Gasteiger partial charge in [0.15, 0.2) is 5.82 Å². The van der Waals surface area contributed by atoms with E-state index in [9.17, 15) is 9.90 Å². The Hall–Kier alpha value is -2.25. The molecule has 1 aromatic carbocycles. The van der Waals surface area contributed by atoms with Gasteiger partial charge in [-0.05, 0) is 26.5 Å². The van der Waals surface area contributed by atoms with E-state index in [1.54, 1.807) is 11.8 Å². The molecule has 0 radical (unpaired) electrons. The zero-order chi connectivity index (χ0) is 18.0. The summed E-state index contributed by atoms with van der Waals surface area (Å²) in [6, 6.07) is 9.34. The van der Waals surface area contributed by atoms with Gasteiger partial charge in [0.05, 0.1) is 12.1 Å². The number of hydrogen-bond donors (Lipinski definition) is 1. The Kier molecular flexibility index (Phi) is 5.15. The first-order valence-corrected chi connectivity index (χ1v) is 8.48. The van der Waals surface area contributed by atoms with Crippen molar-refractivity contribution in [3.63, 3.8) is 0 Å². The van der Waals surface area contributed by atoms with Crippen molar-refractivity contribution in [2.24, 2.45) is 0 Å². The number of amides is 1. The van der Waals surface area contributed by atoms with Crippen molar-refractivity contribution in [1.29, 1.82) is 0 Å². The van der Waals surface area contributed by atoms with E-state index >= 15 is 0 Å². The summed E-state index contributed by atoms with van der Waals surface area (Å²) in [6.45, 7) is 4.58. The van der Waals surface area contributed by atoms with Crippen molar-refractivity contribution < 1.29 is 14.4 Å². The van der Waals surface area contributed by atoms with Crippen LogP contribution in [-0.4, -0.2) is 56.7 Å². The smallest absolute Gasteiger partial charge is 0.249 e. The zero-order valence-corrected chi connectivity index (χ0v) is 14.8. The number of rotatable bonds is 5. The summed E-state index contributed by atoms with van der Waals surface area (Å²) >= 11 is 0. The quantitative estimate of drug-likeness (QED) is 0.886. The standard InChI is InChI=1S/C18H24N4O3/c1-12(21(3)10-14-7-5-4-6-8-14)18(24)22-11-15(23)9-16(22)17-19-13(2)20-25-17/h4-8,12,15-16,23H,9-11H2,1-3H3/t12-,15-,16-/m1/s1. The molecule has 1 amide bonds. The van der Waals surface area contributed by atoms with Crippen molar-refractivity contribution in [2.75, 3.05) is 13.6 Å².